The Hall–Kier alpha value is -1.31. The highest BCUT2D eigenvalue weighted by molar-refractivity contribution is 5.83. The first-order valence-corrected chi connectivity index (χ1v) is 6.17. The second-order valence-electron chi connectivity index (χ2n) is 4.42. The zero-order valence-corrected chi connectivity index (χ0v) is 9.86. The van der Waals surface area contributed by atoms with Gasteiger partial charge in [-0.1, -0.05) is 50.1 Å². The molecule has 2 heteroatoms. The van der Waals surface area contributed by atoms with Crippen molar-refractivity contribution in [1.29, 1.82) is 0 Å². The van der Waals surface area contributed by atoms with Gasteiger partial charge in [0.15, 0.2) is 0 Å². The van der Waals surface area contributed by atoms with Crippen LogP contribution >= 0.6 is 0 Å². The molecule has 0 N–H and O–H groups in total. The first kappa shape index (κ1) is 11.2. The van der Waals surface area contributed by atoms with E-state index in [1.165, 1.54) is 18.4 Å². The average molecular weight is 217 g/mol. The molecule has 1 amide bonds. The topological polar surface area (TPSA) is 20.3 Å². The number of likely N-dealkylation sites (tertiary alicyclic amines) is 1. The molecule has 0 aromatic heterocycles. The van der Waals surface area contributed by atoms with Gasteiger partial charge in [0.1, 0.15) is 0 Å². The van der Waals surface area contributed by atoms with Crippen LogP contribution in [0, 0.1) is 0 Å². The molecule has 0 bridgehead atoms. The standard InChI is InChI=1S/C14H19NO/c1-2-3-7-10-15-13(11-14(15)16)12-8-5-4-6-9-12/h4-6,8-9,13H,2-3,7,10-11H2,1H3/t13-/m1/s1. The van der Waals surface area contributed by atoms with Gasteiger partial charge in [-0.3, -0.25) is 4.79 Å². The summed E-state index contributed by atoms with van der Waals surface area (Å²) in [5.41, 5.74) is 1.28. The summed E-state index contributed by atoms with van der Waals surface area (Å²) < 4.78 is 0. The summed E-state index contributed by atoms with van der Waals surface area (Å²) in [4.78, 5) is 13.6. The van der Waals surface area contributed by atoms with Crippen LogP contribution in [-0.4, -0.2) is 17.4 Å². The highest BCUT2D eigenvalue weighted by Gasteiger charge is 2.36. The van der Waals surface area contributed by atoms with Crippen molar-refractivity contribution < 1.29 is 4.79 Å². The lowest BCUT2D eigenvalue weighted by atomic mass is 9.93. The van der Waals surface area contributed by atoms with E-state index in [0.29, 0.717) is 18.4 Å². The van der Waals surface area contributed by atoms with Crippen molar-refractivity contribution in [3.63, 3.8) is 0 Å². The Kier molecular flexibility index (Phi) is 3.60. The van der Waals surface area contributed by atoms with Crippen LogP contribution in [0.2, 0.25) is 0 Å². The van der Waals surface area contributed by atoms with E-state index in [4.69, 9.17) is 0 Å². The fraction of sp³-hybridized carbons (Fsp3) is 0.500. The lowest BCUT2D eigenvalue weighted by molar-refractivity contribution is -0.146. The number of β-lactam (4-membered cyclic amide) rings is 1. The smallest absolute Gasteiger partial charge is 0.225 e. The monoisotopic (exact) mass is 217 g/mol. The van der Waals surface area contributed by atoms with E-state index in [2.05, 4.69) is 19.1 Å². The highest BCUT2D eigenvalue weighted by Crippen LogP contribution is 2.34. The van der Waals surface area contributed by atoms with Crippen molar-refractivity contribution in [1.82, 2.24) is 4.90 Å². The van der Waals surface area contributed by atoms with E-state index >= 15 is 0 Å². The van der Waals surface area contributed by atoms with Crippen LogP contribution in [0.5, 0.6) is 0 Å². The Balaban J connectivity index is 1.94. The molecule has 0 unspecified atom stereocenters. The molecular formula is C14H19NO. The molecule has 1 fully saturated rings. The molecule has 1 aliphatic rings. The van der Waals surface area contributed by atoms with E-state index < -0.39 is 0 Å². The second-order valence-corrected chi connectivity index (χ2v) is 4.42. The molecule has 0 radical (unpaired) electrons. The van der Waals surface area contributed by atoms with Crippen molar-refractivity contribution in [2.24, 2.45) is 0 Å². The van der Waals surface area contributed by atoms with Gasteiger partial charge in [0.2, 0.25) is 5.91 Å². The van der Waals surface area contributed by atoms with Crippen molar-refractivity contribution in [2.75, 3.05) is 6.54 Å². The molecular weight excluding hydrogens is 198 g/mol. The lowest BCUT2D eigenvalue weighted by Gasteiger charge is -2.41. The maximum atomic E-state index is 11.5. The van der Waals surface area contributed by atoms with Gasteiger partial charge < -0.3 is 4.90 Å². The molecule has 1 aromatic rings. The fourth-order valence-corrected chi connectivity index (χ4v) is 2.24. The SMILES string of the molecule is CCCCCN1C(=O)C[C@@H]1c1ccccc1. The van der Waals surface area contributed by atoms with Gasteiger partial charge in [-0.15, -0.1) is 0 Å². The summed E-state index contributed by atoms with van der Waals surface area (Å²) >= 11 is 0. The maximum Gasteiger partial charge on any atom is 0.225 e. The molecule has 16 heavy (non-hydrogen) atoms. The third-order valence-electron chi connectivity index (χ3n) is 3.25. The van der Waals surface area contributed by atoms with Crippen LogP contribution in [0.25, 0.3) is 0 Å². The number of carbonyl (C=O) groups is 1. The summed E-state index contributed by atoms with van der Waals surface area (Å²) in [7, 11) is 0. The number of unbranched alkanes of at least 4 members (excludes halogenated alkanes) is 2. The number of hydrogen-bond acceptors (Lipinski definition) is 1. The normalized spacial score (nSPS) is 19.7. The van der Waals surface area contributed by atoms with Crippen LogP contribution in [0.4, 0.5) is 0 Å². The van der Waals surface area contributed by atoms with Crippen LogP contribution in [-0.2, 0) is 4.79 Å². The Morgan fingerprint density at radius 1 is 1.25 bits per heavy atom. The summed E-state index contributed by atoms with van der Waals surface area (Å²) in [5.74, 6) is 0.310. The third-order valence-corrected chi connectivity index (χ3v) is 3.25. The number of carbonyl (C=O) groups excluding carboxylic acids is 1. The number of amides is 1. The van der Waals surface area contributed by atoms with Gasteiger partial charge in [0.25, 0.3) is 0 Å². The van der Waals surface area contributed by atoms with Crippen molar-refractivity contribution in [3.05, 3.63) is 35.9 Å². The predicted octanol–water partition coefficient (Wildman–Crippen LogP) is 3.15. The highest BCUT2D eigenvalue weighted by atomic mass is 16.2. The van der Waals surface area contributed by atoms with Crippen LogP contribution in [0.15, 0.2) is 30.3 Å². The van der Waals surface area contributed by atoms with Crippen LogP contribution < -0.4 is 0 Å². The van der Waals surface area contributed by atoms with Crippen LogP contribution in [0.1, 0.15) is 44.2 Å². The molecule has 2 nitrogen and oxygen atoms in total. The van der Waals surface area contributed by atoms with Crippen LogP contribution in [0.3, 0.4) is 0 Å². The van der Waals surface area contributed by atoms with E-state index in [0.717, 1.165) is 13.0 Å². The van der Waals surface area contributed by atoms with E-state index in [1.807, 2.05) is 23.1 Å². The molecule has 0 aliphatic carbocycles. The minimum absolute atomic E-state index is 0.310. The summed E-state index contributed by atoms with van der Waals surface area (Å²) in [6.07, 6.45) is 4.24. The Bertz CT molecular complexity index is 347. The summed E-state index contributed by atoms with van der Waals surface area (Å²) in [6.45, 7) is 3.11. The van der Waals surface area contributed by atoms with Gasteiger partial charge in [-0.05, 0) is 12.0 Å². The Labute approximate surface area is 97.3 Å². The zero-order valence-electron chi connectivity index (χ0n) is 9.86. The summed E-state index contributed by atoms with van der Waals surface area (Å²) in [6, 6.07) is 10.7. The quantitative estimate of drug-likeness (QED) is 0.548. The molecule has 86 valence electrons. The number of nitrogens with zero attached hydrogens (tertiary/aromatic N) is 1. The molecule has 1 heterocycles. The minimum Gasteiger partial charge on any atom is -0.335 e. The Morgan fingerprint density at radius 3 is 2.62 bits per heavy atom. The third kappa shape index (κ3) is 2.26. The van der Waals surface area contributed by atoms with Crippen molar-refractivity contribution in [2.45, 2.75) is 38.6 Å². The van der Waals surface area contributed by atoms with Gasteiger partial charge in [-0.2, -0.15) is 0 Å². The first-order chi connectivity index (χ1) is 7.83. The van der Waals surface area contributed by atoms with Crippen molar-refractivity contribution in [3.8, 4) is 0 Å². The zero-order chi connectivity index (χ0) is 11.4. The van der Waals surface area contributed by atoms with Gasteiger partial charge in [0, 0.05) is 6.54 Å². The molecule has 0 saturated carbocycles. The average Bonchev–Trinajstić information content (AvgIpc) is 2.32. The van der Waals surface area contributed by atoms with Gasteiger partial charge in [-0.25, -0.2) is 0 Å². The Morgan fingerprint density at radius 2 is 2.00 bits per heavy atom. The molecule has 1 aromatic carbocycles. The number of hydrogen-bond donors (Lipinski definition) is 0. The second kappa shape index (κ2) is 5.15. The van der Waals surface area contributed by atoms with E-state index in [-0.39, 0.29) is 0 Å². The largest absolute Gasteiger partial charge is 0.335 e. The van der Waals surface area contributed by atoms with Gasteiger partial charge in [0.05, 0.1) is 12.5 Å². The predicted molar refractivity (Wildman–Crippen MR) is 65.0 cm³/mol. The summed E-state index contributed by atoms with van der Waals surface area (Å²) in [5, 5.41) is 0. The molecule has 1 atom stereocenters. The minimum atomic E-state index is 0.310. The molecule has 0 spiro atoms. The number of benzene rings is 1. The van der Waals surface area contributed by atoms with E-state index in [9.17, 15) is 4.79 Å². The van der Waals surface area contributed by atoms with Gasteiger partial charge >= 0.3 is 0 Å². The lowest BCUT2D eigenvalue weighted by Crippen LogP contribution is -2.46. The molecule has 2 rings (SSSR count). The van der Waals surface area contributed by atoms with Crippen molar-refractivity contribution >= 4 is 5.91 Å². The maximum absolute atomic E-state index is 11.5. The number of rotatable bonds is 5. The molecule has 1 saturated heterocycles. The first-order valence-electron chi connectivity index (χ1n) is 6.17. The van der Waals surface area contributed by atoms with E-state index in [1.54, 1.807) is 0 Å². The molecule has 1 aliphatic heterocycles. The fourth-order valence-electron chi connectivity index (χ4n) is 2.24.